The highest BCUT2D eigenvalue weighted by Gasteiger charge is 2.07. The molecule has 0 saturated heterocycles. The quantitative estimate of drug-likeness (QED) is 0.555. The van der Waals surface area contributed by atoms with Crippen molar-refractivity contribution in [2.75, 3.05) is 0 Å². The van der Waals surface area contributed by atoms with Crippen LogP contribution in [0, 0.1) is 13.8 Å². The lowest BCUT2D eigenvalue weighted by atomic mass is 10.2. The van der Waals surface area contributed by atoms with Crippen LogP contribution in [0.3, 0.4) is 0 Å². The summed E-state index contributed by atoms with van der Waals surface area (Å²) in [7, 11) is 0. The van der Waals surface area contributed by atoms with Crippen LogP contribution in [0.15, 0.2) is 45.5 Å². The molecule has 0 fully saturated rings. The lowest BCUT2D eigenvalue weighted by molar-refractivity contribution is 0.998. The Balaban J connectivity index is 0.00000208. The predicted molar refractivity (Wildman–Crippen MR) is 105 cm³/mol. The van der Waals surface area contributed by atoms with Crippen LogP contribution in [0.5, 0.6) is 0 Å². The number of benzene rings is 1. The Kier molecular flexibility index (Phi) is 6.04. The van der Waals surface area contributed by atoms with Gasteiger partial charge in [0.25, 0.3) is 5.56 Å². The highest BCUT2D eigenvalue weighted by atomic mass is 35.5. The molecule has 2 aromatic heterocycles. The lowest BCUT2D eigenvalue weighted by Crippen LogP contribution is -2.15. The fourth-order valence-electron chi connectivity index (χ4n) is 2.18. The van der Waals surface area contributed by atoms with Crippen molar-refractivity contribution in [1.29, 1.82) is 0 Å². The fourth-order valence-corrected chi connectivity index (χ4v) is 3.68. The number of halogens is 1. The third-order valence-corrected chi connectivity index (χ3v) is 5.01. The van der Waals surface area contributed by atoms with E-state index in [-0.39, 0.29) is 18.0 Å². The molecular formula is C16H17ClN4OS2. The van der Waals surface area contributed by atoms with E-state index in [1.165, 1.54) is 23.1 Å². The van der Waals surface area contributed by atoms with Crippen molar-refractivity contribution in [3.63, 3.8) is 0 Å². The summed E-state index contributed by atoms with van der Waals surface area (Å²) in [6, 6.07) is 9.39. The standard InChI is InChI=1S/C16H16N4OS2.ClH/c1-10-4-3-5-12(6-10)18-15(17)22-9-13-7-14(21)20-11(2)8-23-16(20)19-13;/h3-8H,9H2,1-2H3,(H2,17,18);1H. The number of fused-ring (bicyclic) bond motifs is 1. The molecule has 0 unspecified atom stereocenters. The van der Waals surface area contributed by atoms with Crippen LogP contribution in [0.4, 0.5) is 5.69 Å². The average molecular weight is 381 g/mol. The lowest BCUT2D eigenvalue weighted by Gasteiger charge is -2.03. The molecule has 2 N–H and O–H groups in total. The van der Waals surface area contributed by atoms with Gasteiger partial charge in [-0.15, -0.1) is 23.7 Å². The molecule has 3 aromatic rings. The zero-order valence-corrected chi connectivity index (χ0v) is 15.7. The first kappa shape index (κ1) is 18.5. The minimum Gasteiger partial charge on any atom is -0.378 e. The minimum atomic E-state index is -0.0569. The molecule has 5 nitrogen and oxygen atoms in total. The van der Waals surface area contributed by atoms with Gasteiger partial charge in [-0.1, -0.05) is 23.9 Å². The summed E-state index contributed by atoms with van der Waals surface area (Å²) < 4.78 is 1.61. The summed E-state index contributed by atoms with van der Waals surface area (Å²) >= 11 is 2.84. The molecular weight excluding hydrogens is 364 g/mol. The smallest absolute Gasteiger partial charge is 0.258 e. The maximum absolute atomic E-state index is 12.1. The SMILES string of the molecule is Cc1cccc(N=C(N)SCc2cc(=O)n3c(C)csc3n2)c1.Cl. The first-order valence-corrected chi connectivity index (χ1v) is 8.90. The van der Waals surface area contributed by atoms with Crippen molar-refractivity contribution in [2.45, 2.75) is 19.6 Å². The van der Waals surface area contributed by atoms with Gasteiger partial charge in [-0.05, 0) is 31.5 Å². The number of rotatable bonds is 3. The third-order valence-electron chi connectivity index (χ3n) is 3.24. The van der Waals surface area contributed by atoms with Gasteiger partial charge in [0.15, 0.2) is 10.1 Å². The fraction of sp³-hybridized carbons (Fsp3) is 0.188. The average Bonchev–Trinajstić information content (AvgIpc) is 2.87. The normalized spacial score (nSPS) is 11.5. The Morgan fingerprint density at radius 1 is 1.38 bits per heavy atom. The van der Waals surface area contributed by atoms with Gasteiger partial charge in [0.1, 0.15) is 0 Å². The summed E-state index contributed by atoms with van der Waals surface area (Å²) in [6.07, 6.45) is 0. The van der Waals surface area contributed by atoms with Gasteiger partial charge < -0.3 is 5.73 Å². The topological polar surface area (TPSA) is 72.8 Å². The number of hydrogen-bond acceptors (Lipinski definition) is 5. The molecule has 0 saturated carbocycles. The number of aliphatic imine (C=N–C) groups is 1. The van der Waals surface area contributed by atoms with Crippen molar-refractivity contribution < 1.29 is 0 Å². The molecule has 0 aliphatic heterocycles. The van der Waals surface area contributed by atoms with Crippen molar-refractivity contribution in [3.8, 4) is 0 Å². The van der Waals surface area contributed by atoms with E-state index in [4.69, 9.17) is 5.73 Å². The van der Waals surface area contributed by atoms with Gasteiger partial charge in [0.2, 0.25) is 0 Å². The van der Waals surface area contributed by atoms with E-state index in [2.05, 4.69) is 9.98 Å². The summed E-state index contributed by atoms with van der Waals surface area (Å²) in [4.78, 5) is 21.7. The van der Waals surface area contributed by atoms with Crippen LogP contribution >= 0.6 is 35.5 Å². The molecule has 0 aliphatic rings. The Labute approximate surface area is 154 Å². The monoisotopic (exact) mass is 380 g/mol. The van der Waals surface area contributed by atoms with Crippen LogP contribution in [0.25, 0.3) is 4.96 Å². The second-order valence-corrected chi connectivity index (χ2v) is 6.99. The van der Waals surface area contributed by atoms with E-state index in [9.17, 15) is 4.79 Å². The van der Waals surface area contributed by atoms with E-state index in [0.29, 0.717) is 21.6 Å². The van der Waals surface area contributed by atoms with Gasteiger partial charge in [-0.3, -0.25) is 9.20 Å². The number of thiazole rings is 1. The van der Waals surface area contributed by atoms with Gasteiger partial charge >= 0.3 is 0 Å². The van der Waals surface area contributed by atoms with E-state index in [0.717, 1.165) is 16.9 Å². The number of hydrogen-bond donors (Lipinski definition) is 1. The van der Waals surface area contributed by atoms with E-state index in [1.54, 1.807) is 10.5 Å². The second-order valence-electron chi connectivity index (χ2n) is 5.16. The molecule has 8 heteroatoms. The molecule has 3 rings (SSSR count). The molecule has 0 radical (unpaired) electrons. The number of thioether (sulfide) groups is 1. The molecule has 2 heterocycles. The molecule has 0 spiro atoms. The summed E-state index contributed by atoms with van der Waals surface area (Å²) in [5.41, 5.74) is 9.49. The largest absolute Gasteiger partial charge is 0.378 e. The maximum atomic E-state index is 12.1. The summed E-state index contributed by atoms with van der Waals surface area (Å²) in [5, 5.41) is 2.38. The van der Waals surface area contributed by atoms with Gasteiger partial charge in [-0.25, -0.2) is 9.98 Å². The van der Waals surface area contributed by atoms with E-state index in [1.807, 2.05) is 43.5 Å². The molecule has 24 heavy (non-hydrogen) atoms. The summed E-state index contributed by atoms with van der Waals surface area (Å²) in [6.45, 7) is 3.91. The minimum absolute atomic E-state index is 0. The van der Waals surface area contributed by atoms with Crippen LogP contribution in [0.2, 0.25) is 0 Å². The zero-order valence-electron chi connectivity index (χ0n) is 13.2. The van der Waals surface area contributed by atoms with Crippen molar-refractivity contribution in [3.05, 3.63) is 63.0 Å². The van der Waals surface area contributed by atoms with Gasteiger partial charge in [0.05, 0.1) is 11.4 Å². The summed E-state index contributed by atoms with van der Waals surface area (Å²) in [5.74, 6) is 0.518. The molecule has 1 aromatic carbocycles. The van der Waals surface area contributed by atoms with Crippen molar-refractivity contribution >= 4 is 51.3 Å². The number of nitrogens with zero attached hydrogens (tertiary/aromatic N) is 3. The molecule has 126 valence electrons. The Morgan fingerprint density at radius 3 is 2.92 bits per heavy atom. The van der Waals surface area contributed by atoms with Crippen molar-refractivity contribution in [2.24, 2.45) is 10.7 Å². The Morgan fingerprint density at radius 2 is 2.17 bits per heavy atom. The van der Waals surface area contributed by atoms with Crippen LogP contribution in [-0.2, 0) is 5.75 Å². The van der Waals surface area contributed by atoms with Crippen molar-refractivity contribution in [1.82, 2.24) is 9.38 Å². The molecule has 0 amide bonds. The van der Waals surface area contributed by atoms with Gasteiger partial charge in [0, 0.05) is 22.9 Å². The Hall–Kier alpha value is -1.83. The van der Waals surface area contributed by atoms with Crippen LogP contribution in [0.1, 0.15) is 17.0 Å². The molecule has 0 aliphatic carbocycles. The first-order chi connectivity index (χ1) is 11.0. The highest BCUT2D eigenvalue weighted by molar-refractivity contribution is 8.13. The predicted octanol–water partition coefficient (Wildman–Crippen LogP) is 3.67. The number of aryl methyl sites for hydroxylation is 2. The number of amidine groups is 1. The zero-order chi connectivity index (χ0) is 16.4. The molecule has 0 atom stereocenters. The number of aromatic nitrogens is 2. The number of nitrogens with two attached hydrogens (primary N) is 1. The van der Waals surface area contributed by atoms with E-state index < -0.39 is 0 Å². The van der Waals surface area contributed by atoms with Gasteiger partial charge in [-0.2, -0.15) is 0 Å². The Bertz CT molecular complexity index is 949. The highest BCUT2D eigenvalue weighted by Crippen LogP contribution is 2.18. The van der Waals surface area contributed by atoms with Crippen LogP contribution < -0.4 is 11.3 Å². The maximum Gasteiger partial charge on any atom is 0.258 e. The van der Waals surface area contributed by atoms with Crippen LogP contribution in [-0.4, -0.2) is 14.6 Å². The third kappa shape index (κ3) is 4.17. The first-order valence-electron chi connectivity index (χ1n) is 7.03. The van der Waals surface area contributed by atoms with E-state index >= 15 is 0 Å². The second kappa shape index (κ2) is 7.83. The molecule has 0 bridgehead atoms.